The summed E-state index contributed by atoms with van der Waals surface area (Å²) < 4.78 is 6.37. The molecule has 47 heavy (non-hydrogen) atoms. The monoisotopic (exact) mass is 655 g/mol. The maximum absolute atomic E-state index is 14.4. The minimum absolute atomic E-state index is 0.0617. The second-order valence-electron chi connectivity index (χ2n) is 10.9. The number of aromatic nitrogens is 2. The highest BCUT2D eigenvalue weighted by molar-refractivity contribution is 7.14. The van der Waals surface area contributed by atoms with E-state index in [9.17, 15) is 19.2 Å². The quantitative estimate of drug-likeness (QED) is 0.119. The summed E-state index contributed by atoms with van der Waals surface area (Å²) in [5.41, 5.74) is 7.86. The maximum Gasteiger partial charge on any atom is 0.354 e. The number of carbonyl (C=O) groups excluding carboxylic acids is 4. The Morgan fingerprint density at radius 1 is 1.04 bits per heavy atom. The van der Waals surface area contributed by atoms with Crippen LogP contribution in [0.4, 0.5) is 4.79 Å². The number of nitrogens with two attached hydrogens (primary N) is 1. The van der Waals surface area contributed by atoms with E-state index in [4.69, 9.17) is 10.5 Å². The first-order valence-electron chi connectivity index (χ1n) is 15.4. The van der Waals surface area contributed by atoms with Crippen LogP contribution in [0.5, 0.6) is 0 Å². The van der Waals surface area contributed by atoms with Crippen molar-refractivity contribution in [2.75, 3.05) is 19.7 Å². The van der Waals surface area contributed by atoms with E-state index in [0.29, 0.717) is 24.3 Å². The highest BCUT2D eigenvalue weighted by Crippen LogP contribution is 2.31. The van der Waals surface area contributed by atoms with Gasteiger partial charge in [0.25, 0.3) is 0 Å². The summed E-state index contributed by atoms with van der Waals surface area (Å²) in [5.74, 6) is -1.38. The van der Waals surface area contributed by atoms with Crippen LogP contribution in [0.15, 0.2) is 96.5 Å². The van der Waals surface area contributed by atoms with Crippen molar-refractivity contribution in [3.8, 4) is 0 Å². The fourth-order valence-corrected chi connectivity index (χ4v) is 6.47. The number of amides is 3. The molecule has 1 saturated heterocycles. The van der Waals surface area contributed by atoms with Crippen molar-refractivity contribution in [2.45, 2.75) is 44.3 Å². The van der Waals surface area contributed by atoms with Crippen molar-refractivity contribution >= 4 is 41.0 Å². The third kappa shape index (κ3) is 8.37. The number of amidine groups is 1. The molecular weight excluding hydrogens is 618 g/mol. The zero-order valence-corrected chi connectivity index (χ0v) is 26.8. The number of aliphatic imine (C=N–C) groups is 1. The first-order valence-corrected chi connectivity index (χ1v) is 16.2. The molecule has 3 amide bonds. The number of ether oxygens (including phenoxy) is 1. The lowest BCUT2D eigenvalue weighted by atomic mass is 9.84. The van der Waals surface area contributed by atoms with Crippen LogP contribution < -0.4 is 16.4 Å². The largest absolute Gasteiger partial charge is 0.465 e. The molecule has 1 aliphatic rings. The number of thiophene rings is 1. The topological polar surface area (TPSA) is 161 Å². The second-order valence-corrected chi connectivity index (χ2v) is 12.1. The summed E-state index contributed by atoms with van der Waals surface area (Å²) in [5, 5.41) is 6.15. The van der Waals surface area contributed by atoms with Gasteiger partial charge in [0.1, 0.15) is 18.2 Å². The number of hydrogen-bond acceptors (Lipinski definition) is 8. The van der Waals surface area contributed by atoms with E-state index in [1.165, 1.54) is 34.6 Å². The first-order chi connectivity index (χ1) is 22.9. The number of imidazole rings is 1. The number of benzene rings is 2. The van der Waals surface area contributed by atoms with Crippen LogP contribution in [0, 0.1) is 0 Å². The van der Waals surface area contributed by atoms with E-state index in [-0.39, 0.29) is 37.3 Å². The van der Waals surface area contributed by atoms with Gasteiger partial charge in [0.05, 0.1) is 30.6 Å². The molecule has 1 fully saturated rings. The van der Waals surface area contributed by atoms with Gasteiger partial charge in [-0.25, -0.2) is 9.78 Å². The molecule has 0 spiro atoms. The Morgan fingerprint density at radius 3 is 2.38 bits per heavy atom. The van der Waals surface area contributed by atoms with Crippen LogP contribution in [-0.2, 0) is 25.7 Å². The van der Waals surface area contributed by atoms with E-state index < -0.39 is 30.0 Å². The Balaban J connectivity index is 1.31. The van der Waals surface area contributed by atoms with Gasteiger partial charge in [-0.2, -0.15) is 4.99 Å². The van der Waals surface area contributed by atoms with Gasteiger partial charge in [-0.05, 0) is 43.0 Å². The van der Waals surface area contributed by atoms with E-state index in [1.54, 1.807) is 17.9 Å². The molecule has 0 unspecified atom stereocenters. The molecule has 2 aromatic carbocycles. The second kappa shape index (κ2) is 15.9. The molecule has 2 atom stereocenters. The Kier molecular flexibility index (Phi) is 11.3. The Hall–Kier alpha value is -5.14. The van der Waals surface area contributed by atoms with Gasteiger partial charge >= 0.3 is 12.0 Å². The Morgan fingerprint density at radius 2 is 1.74 bits per heavy atom. The van der Waals surface area contributed by atoms with Crippen LogP contribution in [0.3, 0.4) is 0 Å². The Labute approximate surface area is 276 Å². The van der Waals surface area contributed by atoms with Gasteiger partial charge < -0.3 is 20.7 Å². The zero-order chi connectivity index (χ0) is 33.2. The molecule has 5 rings (SSSR count). The number of carbonyl (C=O) groups is 4. The molecule has 2 aromatic heterocycles. The number of rotatable bonds is 12. The van der Waals surface area contributed by atoms with E-state index in [0.717, 1.165) is 16.0 Å². The van der Waals surface area contributed by atoms with Crippen LogP contribution in [0.2, 0.25) is 0 Å². The summed E-state index contributed by atoms with van der Waals surface area (Å²) in [6.45, 7) is 2.42. The van der Waals surface area contributed by atoms with Crippen LogP contribution in [0.25, 0.3) is 0 Å². The molecule has 13 heteroatoms. The van der Waals surface area contributed by atoms with E-state index >= 15 is 0 Å². The molecule has 0 saturated carbocycles. The van der Waals surface area contributed by atoms with Gasteiger partial charge in [0, 0.05) is 29.7 Å². The predicted octanol–water partition coefficient (Wildman–Crippen LogP) is 3.28. The van der Waals surface area contributed by atoms with Gasteiger partial charge in [-0.15, -0.1) is 11.3 Å². The highest BCUT2D eigenvalue weighted by atomic mass is 32.1. The fraction of sp³-hybridized carbons (Fsp3) is 0.294. The third-order valence-corrected chi connectivity index (χ3v) is 8.93. The van der Waals surface area contributed by atoms with Gasteiger partial charge in [-0.1, -0.05) is 60.7 Å². The number of nitrogens with zero attached hydrogens (tertiary/aromatic N) is 4. The fourth-order valence-electron chi connectivity index (χ4n) is 5.62. The molecular formula is C34H37N7O5S. The van der Waals surface area contributed by atoms with Crippen LogP contribution in [-0.4, -0.2) is 75.9 Å². The lowest BCUT2D eigenvalue weighted by molar-refractivity contribution is -0.143. The van der Waals surface area contributed by atoms with Crippen LogP contribution in [0.1, 0.15) is 46.6 Å². The molecule has 12 nitrogen and oxygen atoms in total. The minimum atomic E-state index is -0.843. The summed E-state index contributed by atoms with van der Waals surface area (Å²) in [4.78, 5) is 63.4. The summed E-state index contributed by atoms with van der Waals surface area (Å²) in [6, 6.07) is 20.8. The normalized spacial score (nSPS) is 15.4. The number of nitrogens with one attached hydrogen (secondary N) is 2. The summed E-state index contributed by atoms with van der Waals surface area (Å²) in [6.07, 6.45) is 5.47. The molecule has 1 aliphatic heterocycles. The number of esters is 1. The zero-order valence-electron chi connectivity index (χ0n) is 26.0. The summed E-state index contributed by atoms with van der Waals surface area (Å²) >= 11 is 1.31. The molecule has 0 aliphatic carbocycles. The van der Waals surface area contributed by atoms with E-state index in [1.807, 2.05) is 66.7 Å². The van der Waals surface area contributed by atoms with Gasteiger partial charge in [0.15, 0.2) is 0 Å². The first kappa shape index (κ1) is 33.2. The molecule has 0 radical (unpaired) electrons. The van der Waals surface area contributed by atoms with Crippen molar-refractivity contribution in [3.63, 3.8) is 0 Å². The van der Waals surface area contributed by atoms with Crippen molar-refractivity contribution in [2.24, 2.45) is 10.7 Å². The molecule has 4 aromatic rings. The molecule has 0 bridgehead atoms. The van der Waals surface area contributed by atoms with Crippen molar-refractivity contribution < 1.29 is 23.9 Å². The average Bonchev–Trinajstić information content (AvgIpc) is 3.89. The molecule has 244 valence electrons. The van der Waals surface area contributed by atoms with Crippen LogP contribution >= 0.6 is 11.3 Å². The Bertz CT molecular complexity index is 1650. The number of hydrogen-bond donors (Lipinski definition) is 3. The SMILES string of the molecule is CCOC(=O)CN[C@@H](C(=O)N1CCC[C@H]1C(=O)NCc1ccc(/C(N)=N/C(=O)n2ccnc2)s1)C(c1ccccc1)c1ccccc1. The molecule has 4 N–H and O–H groups in total. The standard InChI is InChI=1S/C34H37N7O5S/c1-2-46-28(42)21-37-30(29(23-10-5-3-6-11-23)24-12-7-4-8-13-24)33(44)41-18-9-14-26(41)32(43)38-20-25-15-16-27(47-25)31(35)39-34(45)40-19-17-36-22-40/h3-8,10-13,15-17,19,22,26,29-30,37H,2,9,14,18,20-21H2,1H3,(H,38,43)(H2,35,39,45)/t26-,30+/m0/s1. The number of likely N-dealkylation sites (tertiary alicyclic amines) is 1. The lowest BCUT2D eigenvalue weighted by Gasteiger charge is -2.33. The lowest BCUT2D eigenvalue weighted by Crippen LogP contribution is -2.55. The highest BCUT2D eigenvalue weighted by Gasteiger charge is 2.40. The molecule has 3 heterocycles. The van der Waals surface area contributed by atoms with Gasteiger partial charge in [-0.3, -0.25) is 24.3 Å². The van der Waals surface area contributed by atoms with Crippen molar-refractivity contribution in [1.82, 2.24) is 25.1 Å². The summed E-state index contributed by atoms with van der Waals surface area (Å²) in [7, 11) is 0. The van der Waals surface area contributed by atoms with Gasteiger partial charge in [0.2, 0.25) is 11.8 Å². The van der Waals surface area contributed by atoms with E-state index in [2.05, 4.69) is 20.6 Å². The third-order valence-electron chi connectivity index (χ3n) is 7.82. The average molecular weight is 656 g/mol. The van der Waals surface area contributed by atoms with Crippen molar-refractivity contribution in [3.05, 3.63) is 112 Å². The minimum Gasteiger partial charge on any atom is -0.465 e. The van der Waals surface area contributed by atoms with Crippen molar-refractivity contribution in [1.29, 1.82) is 0 Å². The maximum atomic E-state index is 14.4. The predicted molar refractivity (Wildman–Crippen MR) is 178 cm³/mol. The smallest absolute Gasteiger partial charge is 0.354 e.